The highest BCUT2D eigenvalue weighted by atomic mass is 35.5. The number of amides is 2. The van der Waals surface area contributed by atoms with Crippen molar-refractivity contribution < 1.29 is 9.59 Å². The number of carbonyl (C=O) groups excluding carboxylic acids is 2. The van der Waals surface area contributed by atoms with E-state index in [-0.39, 0.29) is 23.9 Å². The number of hydrogen-bond donors (Lipinski definition) is 1. The Balaban J connectivity index is 1.30. The minimum Gasteiger partial charge on any atom is -0.374 e. The SMILES string of the molecule is CN1CCC(Nc2ccc(C3CCC(N(C)C(=O)c4ccc(Cl)cc4)CC3)cc2)C1=O. The van der Waals surface area contributed by atoms with Crippen molar-refractivity contribution in [2.45, 2.75) is 50.1 Å². The summed E-state index contributed by atoms with van der Waals surface area (Å²) in [7, 11) is 3.76. The third-order valence-electron chi connectivity index (χ3n) is 6.81. The average molecular weight is 440 g/mol. The Bertz CT molecular complexity index is 921. The lowest BCUT2D eigenvalue weighted by atomic mass is 9.81. The van der Waals surface area contributed by atoms with E-state index < -0.39 is 0 Å². The van der Waals surface area contributed by atoms with Crippen LogP contribution in [0.25, 0.3) is 0 Å². The molecule has 6 heteroatoms. The minimum absolute atomic E-state index is 0.0580. The summed E-state index contributed by atoms with van der Waals surface area (Å²) in [6.07, 6.45) is 5.00. The van der Waals surface area contributed by atoms with E-state index in [1.807, 2.05) is 19.0 Å². The van der Waals surface area contributed by atoms with Gasteiger partial charge in [-0.05, 0) is 80.0 Å². The van der Waals surface area contributed by atoms with Crippen molar-refractivity contribution in [3.8, 4) is 0 Å². The smallest absolute Gasteiger partial charge is 0.253 e. The number of halogens is 1. The maximum absolute atomic E-state index is 12.8. The van der Waals surface area contributed by atoms with Crippen LogP contribution < -0.4 is 5.32 Å². The number of carbonyl (C=O) groups is 2. The third-order valence-corrected chi connectivity index (χ3v) is 7.06. The second kappa shape index (κ2) is 9.31. The Morgan fingerprint density at radius 3 is 2.23 bits per heavy atom. The number of benzene rings is 2. The molecule has 1 saturated carbocycles. The molecule has 1 aliphatic heterocycles. The van der Waals surface area contributed by atoms with E-state index in [4.69, 9.17) is 11.6 Å². The van der Waals surface area contributed by atoms with E-state index in [2.05, 4.69) is 29.6 Å². The van der Waals surface area contributed by atoms with Gasteiger partial charge in [-0.3, -0.25) is 9.59 Å². The highest BCUT2D eigenvalue weighted by molar-refractivity contribution is 6.30. The van der Waals surface area contributed by atoms with Crippen LogP contribution in [0.1, 0.15) is 53.9 Å². The molecule has 2 aliphatic rings. The molecular weight excluding hydrogens is 410 g/mol. The van der Waals surface area contributed by atoms with Gasteiger partial charge < -0.3 is 15.1 Å². The fourth-order valence-electron chi connectivity index (χ4n) is 4.77. The first-order chi connectivity index (χ1) is 14.9. The van der Waals surface area contributed by atoms with Gasteiger partial charge in [-0.15, -0.1) is 0 Å². The van der Waals surface area contributed by atoms with Gasteiger partial charge in [0.15, 0.2) is 0 Å². The zero-order chi connectivity index (χ0) is 22.0. The molecule has 0 radical (unpaired) electrons. The van der Waals surface area contributed by atoms with Gasteiger partial charge in [0.25, 0.3) is 5.91 Å². The summed E-state index contributed by atoms with van der Waals surface area (Å²) in [6.45, 7) is 0.812. The zero-order valence-corrected chi connectivity index (χ0v) is 18.9. The summed E-state index contributed by atoms with van der Waals surface area (Å²) in [6, 6.07) is 15.8. The molecule has 164 valence electrons. The first-order valence-corrected chi connectivity index (χ1v) is 11.4. The van der Waals surface area contributed by atoms with Crippen LogP contribution in [0.2, 0.25) is 5.02 Å². The molecule has 0 bridgehead atoms. The fourth-order valence-corrected chi connectivity index (χ4v) is 4.89. The Morgan fingerprint density at radius 1 is 1.00 bits per heavy atom. The molecule has 2 aromatic rings. The summed E-state index contributed by atoms with van der Waals surface area (Å²) >= 11 is 5.94. The number of anilines is 1. The molecule has 1 saturated heterocycles. The van der Waals surface area contributed by atoms with E-state index in [0.29, 0.717) is 16.5 Å². The van der Waals surface area contributed by atoms with E-state index in [0.717, 1.165) is 44.3 Å². The molecule has 1 unspecified atom stereocenters. The number of rotatable bonds is 5. The predicted octanol–water partition coefficient (Wildman–Crippen LogP) is 4.78. The highest BCUT2D eigenvalue weighted by Gasteiger charge is 2.29. The summed E-state index contributed by atoms with van der Waals surface area (Å²) in [5.41, 5.74) is 3.02. The Kier molecular flexibility index (Phi) is 6.51. The molecule has 2 amide bonds. The summed E-state index contributed by atoms with van der Waals surface area (Å²) in [5, 5.41) is 4.00. The molecule has 1 N–H and O–H groups in total. The predicted molar refractivity (Wildman–Crippen MR) is 125 cm³/mol. The van der Waals surface area contributed by atoms with Gasteiger partial charge in [-0.1, -0.05) is 23.7 Å². The van der Waals surface area contributed by atoms with Gasteiger partial charge in [-0.25, -0.2) is 0 Å². The normalized spacial score (nSPS) is 23.6. The molecule has 1 aliphatic carbocycles. The molecule has 2 fully saturated rings. The average Bonchev–Trinajstić information content (AvgIpc) is 3.11. The molecular formula is C25H30ClN3O2. The van der Waals surface area contributed by atoms with Crippen LogP contribution in [0.15, 0.2) is 48.5 Å². The topological polar surface area (TPSA) is 52.6 Å². The van der Waals surface area contributed by atoms with E-state index in [1.54, 1.807) is 29.2 Å². The molecule has 2 aromatic carbocycles. The number of hydrogen-bond acceptors (Lipinski definition) is 3. The second-order valence-corrected chi connectivity index (χ2v) is 9.23. The maximum Gasteiger partial charge on any atom is 0.253 e. The van der Waals surface area contributed by atoms with Gasteiger partial charge in [0, 0.05) is 43.0 Å². The Labute approximate surface area is 189 Å². The molecule has 1 atom stereocenters. The molecule has 5 nitrogen and oxygen atoms in total. The number of nitrogens with zero attached hydrogens (tertiary/aromatic N) is 2. The Morgan fingerprint density at radius 2 is 1.65 bits per heavy atom. The van der Waals surface area contributed by atoms with Crippen molar-refractivity contribution in [1.82, 2.24) is 9.80 Å². The summed E-state index contributed by atoms with van der Waals surface area (Å²) < 4.78 is 0. The van der Waals surface area contributed by atoms with Crippen molar-refractivity contribution >= 4 is 29.1 Å². The van der Waals surface area contributed by atoms with Crippen molar-refractivity contribution in [3.05, 3.63) is 64.7 Å². The lowest BCUT2D eigenvalue weighted by molar-refractivity contribution is -0.127. The van der Waals surface area contributed by atoms with Crippen LogP contribution in [-0.4, -0.2) is 54.3 Å². The van der Waals surface area contributed by atoms with E-state index in [1.165, 1.54) is 5.56 Å². The minimum atomic E-state index is -0.111. The van der Waals surface area contributed by atoms with Gasteiger partial charge in [0.2, 0.25) is 5.91 Å². The van der Waals surface area contributed by atoms with Gasteiger partial charge in [0.1, 0.15) is 6.04 Å². The van der Waals surface area contributed by atoms with Crippen LogP contribution in [0.5, 0.6) is 0 Å². The van der Waals surface area contributed by atoms with Crippen molar-refractivity contribution in [3.63, 3.8) is 0 Å². The highest BCUT2D eigenvalue weighted by Crippen LogP contribution is 2.35. The first-order valence-electron chi connectivity index (χ1n) is 11.1. The third kappa shape index (κ3) is 4.87. The van der Waals surface area contributed by atoms with Crippen LogP contribution in [-0.2, 0) is 4.79 Å². The molecule has 31 heavy (non-hydrogen) atoms. The second-order valence-electron chi connectivity index (χ2n) is 8.80. The van der Waals surface area contributed by atoms with E-state index in [9.17, 15) is 9.59 Å². The molecule has 4 rings (SSSR count). The summed E-state index contributed by atoms with van der Waals surface area (Å²) in [5.74, 6) is 0.742. The largest absolute Gasteiger partial charge is 0.374 e. The van der Waals surface area contributed by atoms with Crippen LogP contribution in [0.3, 0.4) is 0 Å². The summed E-state index contributed by atoms with van der Waals surface area (Å²) in [4.78, 5) is 28.5. The quantitative estimate of drug-likeness (QED) is 0.729. The number of nitrogens with one attached hydrogen (secondary N) is 1. The number of likely N-dealkylation sites (tertiary alicyclic amines) is 1. The van der Waals surface area contributed by atoms with Gasteiger partial charge in [0.05, 0.1) is 0 Å². The van der Waals surface area contributed by atoms with Crippen molar-refractivity contribution in [2.75, 3.05) is 26.0 Å². The van der Waals surface area contributed by atoms with Crippen LogP contribution >= 0.6 is 11.6 Å². The number of likely N-dealkylation sites (N-methyl/N-ethyl adjacent to an activating group) is 1. The van der Waals surface area contributed by atoms with Crippen LogP contribution in [0, 0.1) is 0 Å². The van der Waals surface area contributed by atoms with E-state index >= 15 is 0 Å². The van der Waals surface area contributed by atoms with Crippen LogP contribution in [0.4, 0.5) is 5.69 Å². The molecule has 1 heterocycles. The zero-order valence-electron chi connectivity index (χ0n) is 18.2. The molecule has 0 aromatic heterocycles. The maximum atomic E-state index is 12.8. The monoisotopic (exact) mass is 439 g/mol. The van der Waals surface area contributed by atoms with Crippen molar-refractivity contribution in [2.24, 2.45) is 0 Å². The lowest BCUT2D eigenvalue weighted by Crippen LogP contribution is -2.39. The standard InChI is InChI=1S/C25H30ClN3O2/c1-28-16-15-23(25(28)31)27-21-11-5-17(6-12-21)18-7-13-22(14-8-18)29(2)24(30)19-3-9-20(26)10-4-19/h3-6,9-12,18,22-23,27H,7-8,13-16H2,1-2H3. The first kappa shape index (κ1) is 21.7. The lowest BCUT2D eigenvalue weighted by Gasteiger charge is -2.35. The fraction of sp³-hybridized carbons (Fsp3) is 0.440. The van der Waals surface area contributed by atoms with Crippen molar-refractivity contribution in [1.29, 1.82) is 0 Å². The molecule has 0 spiro atoms. The van der Waals surface area contributed by atoms with Gasteiger partial charge >= 0.3 is 0 Å². The Hall–Kier alpha value is -2.53. The van der Waals surface area contributed by atoms with Gasteiger partial charge in [-0.2, -0.15) is 0 Å².